The third kappa shape index (κ3) is 5.46. The lowest BCUT2D eigenvalue weighted by Crippen LogP contribution is -2.53. The molecule has 0 atom stereocenters. The first-order valence-electron chi connectivity index (χ1n) is 10.6. The summed E-state index contributed by atoms with van der Waals surface area (Å²) >= 11 is 0. The molecule has 1 N–H and O–H groups in total. The molecule has 0 aliphatic carbocycles. The number of halogens is 2. The van der Waals surface area contributed by atoms with Gasteiger partial charge in [-0.05, 0) is 60.7 Å². The lowest BCUT2D eigenvalue weighted by molar-refractivity contribution is 0.0971. The first kappa shape index (κ1) is 22.3. The van der Waals surface area contributed by atoms with Gasteiger partial charge in [-0.2, -0.15) is 0 Å². The number of rotatable bonds is 4. The van der Waals surface area contributed by atoms with E-state index in [4.69, 9.17) is 4.74 Å². The van der Waals surface area contributed by atoms with Gasteiger partial charge >= 0.3 is 0 Å². The average Bonchev–Trinajstić information content (AvgIpc) is 2.85. The van der Waals surface area contributed by atoms with Crippen LogP contribution in [0.1, 0.15) is 10.4 Å². The van der Waals surface area contributed by atoms with Crippen LogP contribution in [0.3, 0.4) is 0 Å². The molecule has 1 fully saturated rings. The first-order valence-corrected chi connectivity index (χ1v) is 10.6. The number of para-hydroxylation sites is 2. The molecule has 3 aromatic carbocycles. The topological polar surface area (TPSA) is 57.2 Å². The number of nitrogens with zero attached hydrogens (tertiary/aromatic N) is 3. The Morgan fingerprint density at radius 1 is 0.879 bits per heavy atom. The fourth-order valence-electron chi connectivity index (χ4n) is 3.62. The number of amides is 1. The highest BCUT2D eigenvalue weighted by molar-refractivity contribution is 6.06. The van der Waals surface area contributed by atoms with Gasteiger partial charge in [-0.15, -0.1) is 0 Å². The molecule has 8 heteroatoms. The summed E-state index contributed by atoms with van der Waals surface area (Å²) in [6, 6.07) is 19.0. The Labute approximate surface area is 191 Å². The Morgan fingerprint density at radius 2 is 1.48 bits per heavy atom. The molecular weight excluding hydrogens is 426 g/mol. The molecular formula is C25H24F2N4O2. The van der Waals surface area contributed by atoms with Gasteiger partial charge in [0.1, 0.15) is 23.1 Å². The molecule has 170 valence electrons. The van der Waals surface area contributed by atoms with E-state index < -0.39 is 5.82 Å². The van der Waals surface area contributed by atoms with Crippen molar-refractivity contribution in [3.05, 3.63) is 90.0 Å². The fraction of sp³-hybridized carbons (Fsp3) is 0.200. The van der Waals surface area contributed by atoms with Crippen molar-refractivity contribution in [3.8, 4) is 5.75 Å². The number of hydrogen-bond donors (Lipinski definition) is 1. The maximum Gasteiger partial charge on any atom is 0.257 e. The van der Waals surface area contributed by atoms with Crippen molar-refractivity contribution in [2.24, 2.45) is 4.99 Å². The molecule has 6 nitrogen and oxygen atoms in total. The van der Waals surface area contributed by atoms with Crippen molar-refractivity contribution in [1.82, 2.24) is 10.2 Å². The molecule has 0 aromatic heterocycles. The van der Waals surface area contributed by atoms with Crippen LogP contribution in [0.25, 0.3) is 0 Å². The van der Waals surface area contributed by atoms with Crippen LogP contribution < -0.4 is 15.0 Å². The number of anilines is 1. The lowest BCUT2D eigenvalue weighted by atomic mass is 10.2. The smallest absolute Gasteiger partial charge is 0.257 e. The molecule has 3 aromatic rings. The van der Waals surface area contributed by atoms with Gasteiger partial charge < -0.3 is 14.5 Å². The zero-order valence-corrected chi connectivity index (χ0v) is 18.2. The Hall–Kier alpha value is -3.94. The van der Waals surface area contributed by atoms with Crippen molar-refractivity contribution >= 4 is 23.2 Å². The summed E-state index contributed by atoms with van der Waals surface area (Å²) in [5, 5.41) is 2.88. The zero-order chi connectivity index (χ0) is 23.2. The Kier molecular flexibility index (Phi) is 6.83. The van der Waals surface area contributed by atoms with E-state index in [0.29, 0.717) is 49.1 Å². The minimum absolute atomic E-state index is 0.271. The van der Waals surface area contributed by atoms with E-state index in [0.717, 1.165) is 5.69 Å². The Bertz CT molecular complexity index is 1130. The molecule has 1 aliphatic heterocycles. The summed E-state index contributed by atoms with van der Waals surface area (Å²) in [5.74, 6) is -0.105. The summed E-state index contributed by atoms with van der Waals surface area (Å²) in [6.45, 7) is 2.52. The van der Waals surface area contributed by atoms with E-state index in [9.17, 15) is 13.6 Å². The highest BCUT2D eigenvalue weighted by atomic mass is 19.1. The Balaban J connectivity index is 1.56. The monoisotopic (exact) mass is 450 g/mol. The maximum absolute atomic E-state index is 13.3. The zero-order valence-electron chi connectivity index (χ0n) is 18.2. The van der Waals surface area contributed by atoms with Gasteiger partial charge in [-0.1, -0.05) is 12.1 Å². The number of carbonyl (C=O) groups is 1. The van der Waals surface area contributed by atoms with Crippen molar-refractivity contribution in [2.75, 3.05) is 38.2 Å². The van der Waals surface area contributed by atoms with Crippen LogP contribution >= 0.6 is 0 Å². The van der Waals surface area contributed by atoms with E-state index in [1.807, 2.05) is 17.0 Å². The predicted octanol–water partition coefficient (Wildman–Crippen LogP) is 4.21. The number of nitrogens with one attached hydrogen (secondary N) is 1. The van der Waals surface area contributed by atoms with Gasteiger partial charge in [0.05, 0.1) is 7.11 Å². The van der Waals surface area contributed by atoms with Crippen LogP contribution in [0.2, 0.25) is 0 Å². The number of piperazine rings is 1. The minimum Gasteiger partial charge on any atom is -0.494 e. The molecule has 0 unspecified atom stereocenters. The summed E-state index contributed by atoms with van der Waals surface area (Å²) in [6.07, 6.45) is 0. The van der Waals surface area contributed by atoms with Crippen LogP contribution in [0, 0.1) is 11.6 Å². The van der Waals surface area contributed by atoms with Crippen LogP contribution in [-0.2, 0) is 0 Å². The number of aliphatic imine (C=N–C) groups is 1. The SMILES string of the molecule is COc1ccccc1N=C(NC(=O)c1ccc(F)cc1)N1CCN(c2ccc(F)cc2)CC1. The number of ether oxygens (including phenoxy) is 1. The highest BCUT2D eigenvalue weighted by Gasteiger charge is 2.22. The molecule has 0 saturated carbocycles. The number of benzene rings is 3. The summed E-state index contributed by atoms with van der Waals surface area (Å²) < 4.78 is 31.9. The standard InChI is InChI=1S/C25H24F2N4O2/c1-33-23-5-3-2-4-22(23)28-25(29-24(32)18-6-8-19(26)9-7-18)31-16-14-30(15-17-31)21-12-10-20(27)11-13-21/h2-13H,14-17H2,1H3,(H,28,29,32). The summed E-state index contributed by atoms with van der Waals surface area (Å²) in [4.78, 5) is 21.7. The molecule has 33 heavy (non-hydrogen) atoms. The van der Waals surface area contributed by atoms with E-state index in [2.05, 4.69) is 15.2 Å². The first-order chi connectivity index (χ1) is 16.0. The number of guanidine groups is 1. The van der Waals surface area contributed by atoms with Gasteiger partial charge in [0.15, 0.2) is 0 Å². The molecule has 0 spiro atoms. The normalized spacial score (nSPS) is 14.2. The highest BCUT2D eigenvalue weighted by Crippen LogP contribution is 2.27. The third-order valence-electron chi connectivity index (χ3n) is 5.41. The van der Waals surface area contributed by atoms with Gasteiger partial charge in [0.2, 0.25) is 5.96 Å². The predicted molar refractivity (Wildman–Crippen MR) is 124 cm³/mol. The van der Waals surface area contributed by atoms with Gasteiger partial charge in [0.25, 0.3) is 5.91 Å². The van der Waals surface area contributed by atoms with Crippen LogP contribution in [0.4, 0.5) is 20.2 Å². The van der Waals surface area contributed by atoms with Crippen molar-refractivity contribution in [1.29, 1.82) is 0 Å². The largest absolute Gasteiger partial charge is 0.494 e. The quantitative estimate of drug-likeness (QED) is 0.478. The summed E-state index contributed by atoms with van der Waals surface area (Å²) in [5.41, 5.74) is 1.85. The van der Waals surface area contributed by atoms with E-state index in [1.54, 1.807) is 31.4 Å². The molecule has 1 amide bonds. The van der Waals surface area contributed by atoms with E-state index in [-0.39, 0.29) is 11.7 Å². The third-order valence-corrected chi connectivity index (χ3v) is 5.41. The number of carbonyl (C=O) groups excluding carboxylic acids is 1. The van der Waals surface area contributed by atoms with Crippen LogP contribution in [0.15, 0.2) is 77.8 Å². The van der Waals surface area contributed by atoms with Crippen LogP contribution in [0.5, 0.6) is 5.75 Å². The van der Waals surface area contributed by atoms with Crippen molar-refractivity contribution in [2.45, 2.75) is 0 Å². The number of methoxy groups -OCH3 is 1. The Morgan fingerprint density at radius 3 is 2.12 bits per heavy atom. The number of hydrogen-bond acceptors (Lipinski definition) is 4. The van der Waals surface area contributed by atoms with E-state index >= 15 is 0 Å². The molecule has 1 saturated heterocycles. The molecule has 0 bridgehead atoms. The fourth-order valence-corrected chi connectivity index (χ4v) is 3.62. The van der Waals surface area contributed by atoms with Gasteiger partial charge in [-0.25, -0.2) is 13.8 Å². The van der Waals surface area contributed by atoms with Gasteiger partial charge in [0, 0.05) is 37.4 Å². The molecule has 4 rings (SSSR count). The second-order valence-corrected chi connectivity index (χ2v) is 7.52. The maximum atomic E-state index is 13.3. The minimum atomic E-state index is -0.411. The van der Waals surface area contributed by atoms with Crippen molar-refractivity contribution in [3.63, 3.8) is 0 Å². The van der Waals surface area contributed by atoms with Gasteiger partial charge in [-0.3, -0.25) is 10.1 Å². The average molecular weight is 450 g/mol. The van der Waals surface area contributed by atoms with Crippen LogP contribution in [-0.4, -0.2) is 50.1 Å². The molecule has 1 heterocycles. The van der Waals surface area contributed by atoms with Crippen molar-refractivity contribution < 1.29 is 18.3 Å². The molecule has 0 radical (unpaired) electrons. The second-order valence-electron chi connectivity index (χ2n) is 7.52. The molecule has 1 aliphatic rings. The second kappa shape index (κ2) is 10.1. The lowest BCUT2D eigenvalue weighted by Gasteiger charge is -2.37. The van der Waals surface area contributed by atoms with E-state index in [1.165, 1.54) is 36.4 Å². The summed E-state index contributed by atoms with van der Waals surface area (Å²) in [7, 11) is 1.56.